The number of hydrogen-bond donors (Lipinski definition) is 0. The van der Waals surface area contributed by atoms with Gasteiger partial charge in [0.1, 0.15) is 11.6 Å². The molecule has 0 heterocycles. The van der Waals surface area contributed by atoms with Gasteiger partial charge in [0.15, 0.2) is 0 Å². The van der Waals surface area contributed by atoms with E-state index in [9.17, 15) is 22.4 Å². The molecule has 1 saturated carbocycles. The van der Waals surface area contributed by atoms with Gasteiger partial charge in [0, 0.05) is 6.07 Å². The molecule has 156 valence electrons. The molecule has 0 aliphatic heterocycles. The summed E-state index contributed by atoms with van der Waals surface area (Å²) in [5.41, 5.74) is 0.0613. The Morgan fingerprint density at radius 3 is 2.45 bits per heavy atom. The van der Waals surface area contributed by atoms with Gasteiger partial charge in [-0.15, -0.1) is 0 Å². The maximum absolute atomic E-state index is 13.6. The highest BCUT2D eigenvalue weighted by Crippen LogP contribution is 2.40. The second kappa shape index (κ2) is 8.97. The van der Waals surface area contributed by atoms with Crippen molar-refractivity contribution < 1.29 is 27.1 Å². The predicted octanol–water partition coefficient (Wildman–Crippen LogP) is 7.14. The van der Waals surface area contributed by atoms with Crippen molar-refractivity contribution in [1.82, 2.24) is 0 Å². The SMILES string of the molecule is CCCCC1CCC(c2ccc(C(=O)Oc3ccc(C(F)(F)F)c(F)c3)cc2)C1. The van der Waals surface area contributed by atoms with E-state index in [1.807, 2.05) is 12.1 Å². The standard InChI is InChI=1S/C23H24F4O2/c1-2-3-4-15-5-6-18(13-15)16-7-9-17(10-8-16)22(28)29-19-11-12-20(21(24)14-19)23(25,26)27/h7-12,14-15,18H,2-6,13H2,1H3. The average Bonchev–Trinajstić information content (AvgIpc) is 3.14. The van der Waals surface area contributed by atoms with E-state index < -0.39 is 23.5 Å². The van der Waals surface area contributed by atoms with Crippen molar-refractivity contribution in [2.24, 2.45) is 5.92 Å². The minimum Gasteiger partial charge on any atom is -0.423 e. The summed E-state index contributed by atoms with van der Waals surface area (Å²) in [6, 6.07) is 9.18. The molecule has 2 aromatic rings. The van der Waals surface area contributed by atoms with E-state index in [0.29, 0.717) is 18.1 Å². The molecule has 2 nitrogen and oxygen atoms in total. The van der Waals surface area contributed by atoms with Crippen LogP contribution in [0, 0.1) is 11.7 Å². The molecule has 0 aromatic heterocycles. The van der Waals surface area contributed by atoms with Gasteiger partial charge in [-0.2, -0.15) is 13.2 Å². The summed E-state index contributed by atoms with van der Waals surface area (Å²) in [4.78, 5) is 12.2. The molecule has 1 fully saturated rings. The van der Waals surface area contributed by atoms with Gasteiger partial charge >= 0.3 is 12.1 Å². The van der Waals surface area contributed by atoms with Gasteiger partial charge in [-0.1, -0.05) is 38.3 Å². The van der Waals surface area contributed by atoms with Gasteiger partial charge in [0.2, 0.25) is 0 Å². The van der Waals surface area contributed by atoms with Crippen LogP contribution in [0.15, 0.2) is 42.5 Å². The molecule has 0 radical (unpaired) electrons. The lowest BCUT2D eigenvalue weighted by Gasteiger charge is -2.12. The molecule has 0 bridgehead atoms. The summed E-state index contributed by atoms with van der Waals surface area (Å²) in [5, 5.41) is 0. The predicted molar refractivity (Wildman–Crippen MR) is 102 cm³/mol. The van der Waals surface area contributed by atoms with Gasteiger partial charge in [-0.05, 0) is 60.9 Å². The van der Waals surface area contributed by atoms with Crippen LogP contribution < -0.4 is 4.74 Å². The molecule has 0 N–H and O–H groups in total. The minimum atomic E-state index is -4.79. The molecular weight excluding hydrogens is 384 g/mol. The van der Waals surface area contributed by atoms with E-state index in [4.69, 9.17) is 4.74 Å². The molecule has 0 amide bonds. The van der Waals surface area contributed by atoms with Crippen LogP contribution in [0.1, 0.15) is 72.9 Å². The van der Waals surface area contributed by atoms with Gasteiger partial charge < -0.3 is 4.74 Å². The molecule has 0 saturated heterocycles. The van der Waals surface area contributed by atoms with Gasteiger partial charge in [-0.25, -0.2) is 9.18 Å². The first-order valence-corrected chi connectivity index (χ1v) is 9.96. The summed E-state index contributed by atoms with van der Waals surface area (Å²) in [7, 11) is 0. The third kappa shape index (κ3) is 5.37. The first-order valence-electron chi connectivity index (χ1n) is 9.96. The van der Waals surface area contributed by atoms with Gasteiger partial charge in [-0.3, -0.25) is 0 Å². The highest BCUT2D eigenvalue weighted by molar-refractivity contribution is 5.91. The Morgan fingerprint density at radius 2 is 1.83 bits per heavy atom. The van der Waals surface area contributed by atoms with E-state index in [2.05, 4.69) is 6.92 Å². The first kappa shape index (κ1) is 21.3. The van der Waals surface area contributed by atoms with Crippen molar-refractivity contribution in [3.8, 4) is 5.75 Å². The fourth-order valence-electron chi connectivity index (χ4n) is 3.98. The quantitative estimate of drug-likeness (QED) is 0.288. The topological polar surface area (TPSA) is 26.3 Å². The zero-order chi connectivity index (χ0) is 21.0. The third-order valence-electron chi connectivity index (χ3n) is 5.58. The first-order chi connectivity index (χ1) is 13.8. The lowest BCUT2D eigenvalue weighted by atomic mass is 9.94. The smallest absolute Gasteiger partial charge is 0.419 e. The van der Waals surface area contributed by atoms with E-state index in [0.717, 1.165) is 24.8 Å². The normalized spacial score (nSPS) is 19.3. The highest BCUT2D eigenvalue weighted by atomic mass is 19.4. The number of carbonyl (C=O) groups excluding carboxylic acids is 1. The molecule has 2 aromatic carbocycles. The van der Waals surface area contributed by atoms with Crippen molar-refractivity contribution in [3.63, 3.8) is 0 Å². The number of unbranched alkanes of at least 4 members (excludes halogenated alkanes) is 1. The molecule has 2 atom stereocenters. The number of rotatable bonds is 6. The Balaban J connectivity index is 1.62. The van der Waals surface area contributed by atoms with Crippen molar-refractivity contribution in [3.05, 3.63) is 65.0 Å². The fraction of sp³-hybridized carbons (Fsp3) is 0.435. The van der Waals surface area contributed by atoms with Crippen LogP contribution >= 0.6 is 0 Å². The van der Waals surface area contributed by atoms with Crippen molar-refractivity contribution >= 4 is 5.97 Å². The van der Waals surface area contributed by atoms with Crippen molar-refractivity contribution in [2.75, 3.05) is 0 Å². The van der Waals surface area contributed by atoms with E-state index in [-0.39, 0.29) is 11.3 Å². The lowest BCUT2D eigenvalue weighted by molar-refractivity contribution is -0.140. The number of alkyl halides is 3. The monoisotopic (exact) mass is 408 g/mol. The minimum absolute atomic E-state index is 0.265. The maximum Gasteiger partial charge on any atom is 0.419 e. The molecule has 6 heteroatoms. The second-order valence-corrected chi connectivity index (χ2v) is 7.67. The maximum atomic E-state index is 13.6. The van der Waals surface area contributed by atoms with Crippen molar-refractivity contribution in [2.45, 2.75) is 57.5 Å². The number of carbonyl (C=O) groups is 1. The summed E-state index contributed by atoms with van der Waals surface area (Å²) < 4.78 is 56.5. The van der Waals surface area contributed by atoms with Crippen LogP contribution in [-0.4, -0.2) is 5.97 Å². The Labute approximate surface area is 167 Å². The van der Waals surface area contributed by atoms with Crippen LogP contribution in [0.25, 0.3) is 0 Å². The summed E-state index contributed by atoms with van der Waals surface area (Å²) >= 11 is 0. The Hall–Kier alpha value is -2.37. The zero-order valence-electron chi connectivity index (χ0n) is 16.3. The molecule has 1 aliphatic carbocycles. The van der Waals surface area contributed by atoms with Crippen LogP contribution in [0.4, 0.5) is 17.6 Å². The Bertz CT molecular complexity index is 843. The molecule has 29 heavy (non-hydrogen) atoms. The summed E-state index contributed by atoms with van der Waals surface area (Å²) in [6.45, 7) is 2.20. The number of hydrogen-bond acceptors (Lipinski definition) is 2. The van der Waals surface area contributed by atoms with E-state index in [1.165, 1.54) is 31.2 Å². The fourth-order valence-corrected chi connectivity index (χ4v) is 3.98. The number of benzene rings is 2. The molecule has 1 aliphatic rings. The summed E-state index contributed by atoms with van der Waals surface area (Å²) in [6.07, 6.45) is 2.47. The number of esters is 1. The third-order valence-corrected chi connectivity index (χ3v) is 5.58. The molecule has 3 rings (SSSR count). The zero-order valence-corrected chi connectivity index (χ0v) is 16.3. The summed E-state index contributed by atoms with van der Waals surface area (Å²) in [5.74, 6) is -1.22. The van der Waals surface area contributed by atoms with Crippen LogP contribution in [0.2, 0.25) is 0 Å². The number of ether oxygens (including phenoxy) is 1. The van der Waals surface area contributed by atoms with Gasteiger partial charge in [0.05, 0.1) is 11.1 Å². The second-order valence-electron chi connectivity index (χ2n) is 7.67. The number of halogens is 4. The van der Waals surface area contributed by atoms with Crippen LogP contribution in [0.3, 0.4) is 0 Å². The molecular formula is C23H24F4O2. The molecule has 0 spiro atoms. The highest BCUT2D eigenvalue weighted by Gasteiger charge is 2.34. The van der Waals surface area contributed by atoms with Crippen LogP contribution in [0.5, 0.6) is 5.75 Å². The largest absolute Gasteiger partial charge is 0.423 e. The van der Waals surface area contributed by atoms with Crippen molar-refractivity contribution in [1.29, 1.82) is 0 Å². The molecule has 2 unspecified atom stereocenters. The lowest BCUT2D eigenvalue weighted by Crippen LogP contribution is -2.11. The Morgan fingerprint density at radius 1 is 1.10 bits per heavy atom. The van der Waals surface area contributed by atoms with E-state index in [1.54, 1.807) is 12.1 Å². The Kier molecular flexibility index (Phi) is 6.60. The van der Waals surface area contributed by atoms with E-state index >= 15 is 0 Å². The van der Waals surface area contributed by atoms with Crippen LogP contribution in [-0.2, 0) is 6.18 Å². The average molecular weight is 408 g/mol. The van der Waals surface area contributed by atoms with Gasteiger partial charge in [0.25, 0.3) is 0 Å².